The third-order valence-corrected chi connectivity index (χ3v) is 8.94. The lowest BCUT2D eigenvalue weighted by Gasteiger charge is -2.18. The molecule has 9 heteroatoms. The van der Waals surface area contributed by atoms with Crippen LogP contribution < -0.4 is 0 Å². The van der Waals surface area contributed by atoms with Crippen LogP contribution in [0.4, 0.5) is 0 Å². The minimum atomic E-state index is -4.76. The minimum absolute atomic E-state index is 0.186. The Morgan fingerprint density at radius 2 is 0.960 bits per heavy atom. The van der Waals surface area contributed by atoms with E-state index in [4.69, 9.17) is 19.3 Å². The normalized spacial score (nSPS) is 13.0. The van der Waals surface area contributed by atoms with Crippen molar-refractivity contribution < 1.29 is 37.9 Å². The van der Waals surface area contributed by atoms with Gasteiger partial charge in [0.1, 0.15) is 6.61 Å². The van der Waals surface area contributed by atoms with Gasteiger partial charge in [-0.15, -0.1) is 0 Å². The Hall–Kier alpha value is -1.99. The molecule has 1 atom stereocenters. The lowest BCUT2D eigenvalue weighted by molar-refractivity contribution is -0.161. The summed E-state index contributed by atoms with van der Waals surface area (Å²) < 4.78 is 26.3. The fourth-order valence-corrected chi connectivity index (χ4v) is 5.86. The van der Waals surface area contributed by atoms with Crippen molar-refractivity contribution >= 4 is 19.8 Å². The maximum absolute atomic E-state index is 12.4. The molecule has 2 N–H and O–H groups in total. The molecule has 0 heterocycles. The third kappa shape index (κ3) is 38.8. The summed E-state index contributed by atoms with van der Waals surface area (Å²) in [7, 11) is -4.76. The van der Waals surface area contributed by atoms with Crippen molar-refractivity contribution in [3.05, 3.63) is 48.6 Å². The van der Waals surface area contributed by atoms with Gasteiger partial charge in [0.25, 0.3) is 0 Å². The molecule has 0 radical (unpaired) electrons. The molecule has 0 aromatic carbocycles. The monoisotopic (exact) mass is 725 g/mol. The largest absolute Gasteiger partial charge is 0.469 e. The molecule has 0 saturated heterocycles. The second-order valence-electron chi connectivity index (χ2n) is 13.3. The van der Waals surface area contributed by atoms with Crippen molar-refractivity contribution in [3.63, 3.8) is 0 Å². The smallest absolute Gasteiger partial charge is 0.462 e. The molecule has 0 rings (SSSR count). The molecule has 0 saturated carbocycles. The predicted molar refractivity (Wildman–Crippen MR) is 207 cm³/mol. The first kappa shape index (κ1) is 48.0. The van der Waals surface area contributed by atoms with Crippen LogP contribution in [0.15, 0.2) is 48.6 Å². The summed E-state index contributed by atoms with van der Waals surface area (Å²) in [6.07, 6.45) is 44.0. The van der Waals surface area contributed by atoms with E-state index in [0.29, 0.717) is 6.42 Å². The van der Waals surface area contributed by atoms with Gasteiger partial charge in [-0.1, -0.05) is 184 Å². The van der Waals surface area contributed by atoms with Gasteiger partial charge in [-0.25, -0.2) is 4.57 Å². The molecular weight excluding hydrogens is 651 g/mol. The van der Waals surface area contributed by atoms with Crippen molar-refractivity contribution in [2.45, 2.75) is 187 Å². The maximum Gasteiger partial charge on any atom is 0.469 e. The number of allylic oxidation sites excluding steroid dienone is 8. The number of ether oxygens (including phenoxy) is 2. The Kier molecular flexibility index (Phi) is 35.3. The van der Waals surface area contributed by atoms with E-state index in [2.05, 4.69) is 36.6 Å². The fourth-order valence-electron chi connectivity index (χ4n) is 5.50. The summed E-state index contributed by atoms with van der Waals surface area (Å²) >= 11 is 0. The number of phosphoric ester groups is 1. The summed E-state index contributed by atoms with van der Waals surface area (Å²) in [6.45, 7) is 3.53. The van der Waals surface area contributed by atoms with Gasteiger partial charge < -0.3 is 19.3 Å². The van der Waals surface area contributed by atoms with Crippen LogP contribution in [0.2, 0.25) is 0 Å². The Balaban J connectivity index is 3.95. The second-order valence-corrected chi connectivity index (χ2v) is 14.6. The zero-order valence-corrected chi connectivity index (χ0v) is 32.7. The number of unbranched alkanes of at least 4 members (excludes halogenated alkanes) is 21. The van der Waals surface area contributed by atoms with E-state index in [-0.39, 0.29) is 19.4 Å². The number of rotatable bonds is 36. The lowest BCUT2D eigenvalue weighted by atomic mass is 10.0. The van der Waals surface area contributed by atoms with E-state index < -0.39 is 32.5 Å². The molecule has 8 nitrogen and oxygen atoms in total. The molecule has 0 unspecified atom stereocenters. The van der Waals surface area contributed by atoms with Crippen molar-refractivity contribution in [3.8, 4) is 0 Å². The number of carbonyl (C=O) groups excluding carboxylic acids is 2. The van der Waals surface area contributed by atoms with E-state index in [1.165, 1.54) is 89.9 Å². The summed E-state index contributed by atoms with van der Waals surface area (Å²) in [4.78, 5) is 42.8. The van der Waals surface area contributed by atoms with Crippen LogP contribution in [0.1, 0.15) is 181 Å². The van der Waals surface area contributed by atoms with Crippen LogP contribution in [-0.4, -0.2) is 41.0 Å². The first-order chi connectivity index (χ1) is 24.3. The van der Waals surface area contributed by atoms with Crippen LogP contribution >= 0.6 is 7.82 Å². The van der Waals surface area contributed by atoms with Crippen molar-refractivity contribution in [2.24, 2.45) is 0 Å². The van der Waals surface area contributed by atoms with E-state index in [1.54, 1.807) is 0 Å². The number of phosphoric acid groups is 1. The molecule has 290 valence electrons. The molecule has 0 spiro atoms. The molecule has 0 aliphatic carbocycles. The summed E-state index contributed by atoms with van der Waals surface area (Å²) in [5.74, 6) is -0.909. The SMILES string of the molecule is CC/C=C/C=C/C=C/C=C/CCCCCCCC(=O)O[C@H](COC(=O)CCCCCCCCCCCCCCCCCCC)COP(=O)(O)O. The molecule has 0 aromatic heterocycles. The van der Waals surface area contributed by atoms with Crippen LogP contribution in [0.3, 0.4) is 0 Å². The van der Waals surface area contributed by atoms with Gasteiger partial charge in [0.05, 0.1) is 6.61 Å². The van der Waals surface area contributed by atoms with Gasteiger partial charge in [-0.2, -0.15) is 0 Å². The van der Waals surface area contributed by atoms with Crippen molar-refractivity contribution in [1.29, 1.82) is 0 Å². The summed E-state index contributed by atoms with van der Waals surface area (Å²) in [6, 6.07) is 0. The Labute approximate surface area is 305 Å². The van der Waals surface area contributed by atoms with Crippen molar-refractivity contribution in [2.75, 3.05) is 13.2 Å². The van der Waals surface area contributed by atoms with Gasteiger partial charge >= 0.3 is 19.8 Å². The summed E-state index contributed by atoms with van der Waals surface area (Å²) in [5, 5.41) is 0. The van der Waals surface area contributed by atoms with Gasteiger partial charge in [0.2, 0.25) is 0 Å². The molecule has 0 aliphatic heterocycles. The highest BCUT2D eigenvalue weighted by Crippen LogP contribution is 2.36. The fraction of sp³-hybridized carbons (Fsp3) is 0.756. The molecule has 0 amide bonds. The van der Waals surface area contributed by atoms with Crippen molar-refractivity contribution in [1.82, 2.24) is 0 Å². The quantitative estimate of drug-likeness (QED) is 0.0284. The molecule has 0 bridgehead atoms. The Morgan fingerprint density at radius 1 is 0.540 bits per heavy atom. The average Bonchev–Trinajstić information content (AvgIpc) is 3.08. The maximum atomic E-state index is 12.4. The third-order valence-electron chi connectivity index (χ3n) is 8.46. The molecule has 0 aliphatic rings. The number of carbonyl (C=O) groups is 2. The van der Waals surface area contributed by atoms with Crippen LogP contribution in [0.25, 0.3) is 0 Å². The van der Waals surface area contributed by atoms with Gasteiger partial charge in [0.15, 0.2) is 6.10 Å². The molecular formula is C41H73O8P. The van der Waals surface area contributed by atoms with E-state index in [9.17, 15) is 14.2 Å². The average molecular weight is 725 g/mol. The lowest BCUT2D eigenvalue weighted by Crippen LogP contribution is -2.29. The second kappa shape index (κ2) is 36.8. The Bertz CT molecular complexity index is 952. The predicted octanol–water partition coefficient (Wildman–Crippen LogP) is 12.0. The zero-order valence-electron chi connectivity index (χ0n) is 31.8. The highest BCUT2D eigenvalue weighted by atomic mass is 31.2. The first-order valence-corrected chi connectivity index (χ1v) is 21.5. The van der Waals surface area contributed by atoms with Gasteiger partial charge in [0, 0.05) is 12.8 Å². The summed E-state index contributed by atoms with van der Waals surface area (Å²) in [5.41, 5.74) is 0. The standard InChI is InChI=1S/C41H73O8P/c1-3-5-7-9-11-13-15-17-19-20-22-23-25-27-29-31-33-35-40(42)47-37-39(38-48-50(44,45)46)49-41(43)36-34-32-30-28-26-24-21-18-16-14-12-10-8-6-4-2/h6,8,10,12,14,16,18,21,39H,3-5,7,9,11,13,15,17,19-20,22-38H2,1-2H3,(H2,44,45,46)/b8-6+,12-10+,16-14+,21-18+/t39-/m1/s1. The Morgan fingerprint density at radius 3 is 1.44 bits per heavy atom. The van der Waals surface area contributed by atoms with Crippen LogP contribution in [0.5, 0.6) is 0 Å². The first-order valence-electron chi connectivity index (χ1n) is 20.0. The van der Waals surface area contributed by atoms with Gasteiger partial charge in [-0.3, -0.25) is 14.1 Å². The molecule has 0 aromatic rings. The van der Waals surface area contributed by atoms with E-state index in [0.717, 1.165) is 57.8 Å². The zero-order chi connectivity index (χ0) is 36.8. The van der Waals surface area contributed by atoms with Crippen LogP contribution in [-0.2, 0) is 28.2 Å². The van der Waals surface area contributed by atoms with Gasteiger partial charge in [-0.05, 0) is 32.1 Å². The van der Waals surface area contributed by atoms with E-state index >= 15 is 0 Å². The number of hydrogen-bond donors (Lipinski definition) is 2. The van der Waals surface area contributed by atoms with E-state index in [1.807, 2.05) is 30.4 Å². The topological polar surface area (TPSA) is 119 Å². The number of hydrogen-bond acceptors (Lipinski definition) is 6. The highest BCUT2D eigenvalue weighted by molar-refractivity contribution is 7.46. The highest BCUT2D eigenvalue weighted by Gasteiger charge is 2.22. The number of esters is 2. The minimum Gasteiger partial charge on any atom is -0.462 e. The van der Waals surface area contributed by atoms with Crippen LogP contribution in [0, 0.1) is 0 Å². The molecule has 0 fully saturated rings. The molecule has 50 heavy (non-hydrogen) atoms.